The highest BCUT2D eigenvalue weighted by Crippen LogP contribution is 2.24. The highest BCUT2D eigenvalue weighted by atomic mass is 35.5. The van der Waals surface area contributed by atoms with E-state index in [1.54, 1.807) is 13.8 Å². The fraction of sp³-hybridized carbons (Fsp3) is 0.364. The Morgan fingerprint density at radius 3 is 2.33 bits per heavy atom. The molecule has 0 heterocycles. The van der Waals surface area contributed by atoms with Crippen LogP contribution < -0.4 is 5.14 Å². The van der Waals surface area contributed by atoms with E-state index in [9.17, 15) is 13.2 Å². The molecule has 0 spiro atoms. The molecule has 0 aromatic heterocycles. The van der Waals surface area contributed by atoms with Gasteiger partial charge in [0.15, 0.2) is 0 Å². The number of rotatable bonds is 4. The number of halogens is 1. The van der Waals surface area contributed by atoms with Gasteiger partial charge in [-0.3, -0.25) is 4.79 Å². The van der Waals surface area contributed by atoms with Gasteiger partial charge in [-0.2, -0.15) is 0 Å². The van der Waals surface area contributed by atoms with Crippen LogP contribution in [0.5, 0.6) is 0 Å². The molecular weight excluding hydrogens is 276 g/mol. The van der Waals surface area contributed by atoms with Crippen LogP contribution in [0.25, 0.3) is 0 Å². The molecule has 7 heteroatoms. The van der Waals surface area contributed by atoms with Gasteiger partial charge in [-0.15, -0.1) is 0 Å². The van der Waals surface area contributed by atoms with Crippen LogP contribution in [0.2, 0.25) is 5.02 Å². The summed E-state index contributed by atoms with van der Waals surface area (Å²) in [4.78, 5) is 13.5. The summed E-state index contributed by atoms with van der Waals surface area (Å²) in [5, 5.41) is 5.17. The van der Waals surface area contributed by atoms with Gasteiger partial charge in [0.05, 0.1) is 15.5 Å². The summed E-state index contributed by atoms with van der Waals surface area (Å²) < 4.78 is 22.9. The lowest BCUT2D eigenvalue weighted by Crippen LogP contribution is -2.32. The van der Waals surface area contributed by atoms with Gasteiger partial charge in [0.25, 0.3) is 5.91 Å². The van der Waals surface area contributed by atoms with Crippen molar-refractivity contribution in [3.05, 3.63) is 28.8 Å². The van der Waals surface area contributed by atoms with E-state index in [-0.39, 0.29) is 15.5 Å². The quantitative estimate of drug-likeness (QED) is 0.912. The first-order chi connectivity index (χ1) is 8.32. The molecule has 0 unspecified atom stereocenters. The number of carbonyl (C=O) groups is 1. The fourth-order valence-corrected chi connectivity index (χ4v) is 2.68. The smallest absolute Gasteiger partial charge is 0.256 e. The van der Waals surface area contributed by atoms with Crippen LogP contribution in [-0.4, -0.2) is 32.3 Å². The summed E-state index contributed by atoms with van der Waals surface area (Å²) in [5.41, 5.74) is -0.0645. The molecule has 1 rings (SSSR count). The van der Waals surface area contributed by atoms with Crippen molar-refractivity contribution in [2.75, 3.05) is 13.1 Å². The van der Waals surface area contributed by atoms with Crippen LogP contribution in [0.3, 0.4) is 0 Å². The summed E-state index contributed by atoms with van der Waals surface area (Å²) in [5.74, 6) is -0.436. The molecule has 0 radical (unpaired) electrons. The van der Waals surface area contributed by atoms with Gasteiger partial charge in [-0.05, 0) is 26.0 Å². The van der Waals surface area contributed by atoms with Crippen molar-refractivity contribution in [2.24, 2.45) is 5.14 Å². The summed E-state index contributed by atoms with van der Waals surface area (Å²) in [6.45, 7) is 4.53. The molecule has 0 aliphatic heterocycles. The van der Waals surface area contributed by atoms with Crippen LogP contribution in [0.1, 0.15) is 24.2 Å². The zero-order valence-electron chi connectivity index (χ0n) is 10.2. The number of nitrogens with zero attached hydrogens (tertiary/aromatic N) is 1. The van der Waals surface area contributed by atoms with Gasteiger partial charge in [0.2, 0.25) is 10.0 Å². The van der Waals surface area contributed by atoms with Gasteiger partial charge in [0, 0.05) is 13.1 Å². The fourth-order valence-electron chi connectivity index (χ4n) is 1.62. The number of primary sulfonamides is 1. The van der Waals surface area contributed by atoms with E-state index in [0.29, 0.717) is 13.1 Å². The van der Waals surface area contributed by atoms with Crippen molar-refractivity contribution in [1.29, 1.82) is 0 Å². The Bertz CT molecular complexity index is 553. The van der Waals surface area contributed by atoms with Crippen LogP contribution in [0, 0.1) is 0 Å². The number of carbonyl (C=O) groups excluding carboxylic acids is 1. The largest absolute Gasteiger partial charge is 0.339 e. The average molecular weight is 291 g/mol. The van der Waals surface area contributed by atoms with E-state index in [4.69, 9.17) is 16.7 Å². The van der Waals surface area contributed by atoms with Crippen molar-refractivity contribution in [1.82, 2.24) is 4.90 Å². The van der Waals surface area contributed by atoms with Crippen LogP contribution in [0.4, 0.5) is 0 Å². The second-order valence-electron chi connectivity index (χ2n) is 3.64. The van der Waals surface area contributed by atoms with Gasteiger partial charge in [-0.25, -0.2) is 13.6 Å². The second-order valence-corrected chi connectivity index (χ2v) is 5.57. The minimum atomic E-state index is -3.98. The lowest BCUT2D eigenvalue weighted by molar-refractivity contribution is 0.0769. The van der Waals surface area contributed by atoms with Gasteiger partial charge < -0.3 is 4.90 Å². The molecule has 5 nitrogen and oxygen atoms in total. The number of benzene rings is 1. The van der Waals surface area contributed by atoms with E-state index in [2.05, 4.69) is 0 Å². The molecule has 0 bridgehead atoms. The first kappa shape index (κ1) is 14.9. The lowest BCUT2D eigenvalue weighted by atomic mass is 10.2. The number of hydrogen-bond acceptors (Lipinski definition) is 3. The summed E-state index contributed by atoms with van der Waals surface area (Å²) in [6, 6.07) is 4.19. The van der Waals surface area contributed by atoms with E-state index < -0.39 is 15.9 Å². The Hall–Kier alpha value is -1.11. The summed E-state index contributed by atoms with van der Waals surface area (Å²) in [7, 11) is -3.98. The van der Waals surface area contributed by atoms with Crippen molar-refractivity contribution in [3.63, 3.8) is 0 Å². The maximum Gasteiger partial charge on any atom is 0.256 e. The Kier molecular flexibility index (Phi) is 4.72. The zero-order chi connectivity index (χ0) is 13.9. The first-order valence-electron chi connectivity index (χ1n) is 5.43. The number of sulfonamides is 1. The molecule has 0 fully saturated rings. The molecule has 0 aliphatic carbocycles. The van der Waals surface area contributed by atoms with E-state index in [1.807, 2.05) is 0 Å². The van der Waals surface area contributed by atoms with Gasteiger partial charge in [-0.1, -0.05) is 17.7 Å². The van der Waals surface area contributed by atoms with Crippen LogP contribution in [0.15, 0.2) is 23.1 Å². The topological polar surface area (TPSA) is 80.5 Å². The number of hydrogen-bond donors (Lipinski definition) is 1. The standard InChI is InChI=1S/C11H15ClN2O3S/c1-3-14(4-2)11(15)10-8(12)6-5-7-9(10)18(13,16)17/h5-7H,3-4H2,1-2H3,(H2,13,16,17). The SMILES string of the molecule is CCN(CC)C(=O)c1c(Cl)cccc1S(N)(=O)=O. The maximum absolute atomic E-state index is 12.2. The van der Waals surface area contributed by atoms with Crippen molar-refractivity contribution in [2.45, 2.75) is 18.7 Å². The highest BCUT2D eigenvalue weighted by Gasteiger charge is 2.24. The van der Waals surface area contributed by atoms with E-state index in [0.717, 1.165) is 0 Å². The highest BCUT2D eigenvalue weighted by molar-refractivity contribution is 7.89. The van der Waals surface area contributed by atoms with Crippen molar-refractivity contribution < 1.29 is 13.2 Å². The number of nitrogens with two attached hydrogens (primary N) is 1. The third-order valence-electron chi connectivity index (χ3n) is 2.55. The molecule has 1 aromatic carbocycles. The lowest BCUT2D eigenvalue weighted by Gasteiger charge is -2.20. The Morgan fingerprint density at radius 2 is 1.89 bits per heavy atom. The minimum Gasteiger partial charge on any atom is -0.339 e. The molecule has 100 valence electrons. The maximum atomic E-state index is 12.2. The summed E-state index contributed by atoms with van der Waals surface area (Å²) in [6.07, 6.45) is 0. The third-order valence-corrected chi connectivity index (χ3v) is 3.81. The third kappa shape index (κ3) is 3.01. The molecule has 0 atom stereocenters. The normalized spacial score (nSPS) is 11.3. The molecule has 0 aliphatic rings. The molecule has 18 heavy (non-hydrogen) atoms. The monoisotopic (exact) mass is 290 g/mol. The van der Waals surface area contributed by atoms with Crippen molar-refractivity contribution >= 4 is 27.5 Å². The molecule has 1 amide bonds. The molecule has 0 saturated carbocycles. The molecule has 1 aromatic rings. The summed E-state index contributed by atoms with van der Waals surface area (Å²) >= 11 is 5.92. The molecular formula is C11H15ClN2O3S. The van der Waals surface area contributed by atoms with Crippen LogP contribution >= 0.6 is 11.6 Å². The van der Waals surface area contributed by atoms with Gasteiger partial charge >= 0.3 is 0 Å². The predicted octanol–water partition coefficient (Wildman–Crippen LogP) is 1.47. The van der Waals surface area contributed by atoms with E-state index >= 15 is 0 Å². The van der Waals surface area contributed by atoms with E-state index in [1.165, 1.54) is 23.1 Å². The number of amides is 1. The first-order valence-corrected chi connectivity index (χ1v) is 7.35. The minimum absolute atomic E-state index is 0.0645. The Balaban J connectivity index is 3.44. The predicted molar refractivity (Wildman–Crippen MR) is 70.1 cm³/mol. The van der Waals surface area contributed by atoms with Crippen molar-refractivity contribution in [3.8, 4) is 0 Å². The molecule has 0 saturated heterocycles. The Labute approximate surface area is 112 Å². The molecule has 2 N–H and O–H groups in total. The average Bonchev–Trinajstić information content (AvgIpc) is 2.28. The second kappa shape index (κ2) is 5.69. The van der Waals surface area contributed by atoms with Gasteiger partial charge in [0.1, 0.15) is 0 Å². The zero-order valence-corrected chi connectivity index (χ0v) is 11.8. The Morgan fingerprint density at radius 1 is 1.33 bits per heavy atom. The van der Waals surface area contributed by atoms with Crippen LogP contribution in [-0.2, 0) is 10.0 Å².